The predicted molar refractivity (Wildman–Crippen MR) is 86.2 cm³/mol. The molecular weight excluding hydrogens is 278 g/mol. The zero-order valence-electron chi connectivity index (χ0n) is 12.4. The zero-order chi connectivity index (χ0) is 15.6. The molecule has 1 atom stereocenters. The number of carbonyl (C=O) groups is 1. The number of primary amides is 1. The van der Waals surface area contributed by atoms with Gasteiger partial charge in [0.25, 0.3) is 0 Å². The number of hydrogen-bond donors (Lipinski definition) is 3. The zero-order valence-corrected chi connectivity index (χ0v) is 12.4. The van der Waals surface area contributed by atoms with Crippen LogP contribution in [0.15, 0.2) is 42.6 Å². The lowest BCUT2D eigenvalue weighted by atomic mass is 9.81. The number of carbonyl (C=O) groups excluding carboxylic acids is 1. The second kappa shape index (κ2) is 5.94. The van der Waals surface area contributed by atoms with E-state index in [0.717, 1.165) is 11.9 Å². The first kappa shape index (κ1) is 14.8. The van der Waals surface area contributed by atoms with Crippen molar-refractivity contribution in [2.24, 2.45) is 16.9 Å². The van der Waals surface area contributed by atoms with E-state index >= 15 is 0 Å². The molecule has 0 bridgehead atoms. The van der Waals surface area contributed by atoms with Crippen LogP contribution >= 0.6 is 0 Å². The molecule has 5 heteroatoms. The summed E-state index contributed by atoms with van der Waals surface area (Å²) in [6.45, 7) is 1.07. The molecule has 0 radical (unpaired) electrons. The Kier molecular flexibility index (Phi) is 4.00. The number of aromatic nitrogens is 1. The van der Waals surface area contributed by atoms with E-state index in [9.17, 15) is 4.79 Å². The fourth-order valence-electron chi connectivity index (χ4n) is 2.92. The average molecular weight is 299 g/mol. The van der Waals surface area contributed by atoms with Gasteiger partial charge in [-0.3, -0.25) is 4.79 Å². The summed E-state index contributed by atoms with van der Waals surface area (Å²) in [7, 11) is 0. The van der Waals surface area contributed by atoms with Gasteiger partial charge in [0.1, 0.15) is 0 Å². The van der Waals surface area contributed by atoms with Crippen LogP contribution in [0.5, 0.6) is 0 Å². The van der Waals surface area contributed by atoms with Crippen LogP contribution in [0.4, 0.5) is 0 Å². The number of nitrogens with one attached hydrogen (secondary N) is 1. The Morgan fingerprint density at radius 3 is 2.86 bits per heavy atom. The first-order valence-electron chi connectivity index (χ1n) is 7.44. The molecule has 0 aliphatic carbocycles. The Bertz CT molecular complexity index is 701. The van der Waals surface area contributed by atoms with Crippen molar-refractivity contribution in [2.75, 3.05) is 13.2 Å². The summed E-state index contributed by atoms with van der Waals surface area (Å²) in [6.07, 6.45) is 7.02. The van der Waals surface area contributed by atoms with Crippen molar-refractivity contribution >= 4 is 16.8 Å². The monoisotopic (exact) mass is 299 g/mol. The van der Waals surface area contributed by atoms with Gasteiger partial charge >= 0.3 is 0 Å². The standard InChI is InChI=1S/C17H21N3O2/c18-13(5-6-17(8-16(19)21)10-22-11-17)7-12-9-20-15-4-2-1-3-14(12)15/h1-6,9,13,20H,7-8,10-11,18H2,(H2,19,21)/b6-5+/t13-/m0/s1. The van der Waals surface area contributed by atoms with E-state index in [2.05, 4.69) is 11.1 Å². The van der Waals surface area contributed by atoms with Crippen LogP contribution in [-0.4, -0.2) is 30.1 Å². The predicted octanol–water partition coefficient (Wildman–Crippen LogP) is 1.49. The molecule has 1 aliphatic rings. The van der Waals surface area contributed by atoms with Gasteiger partial charge in [0.2, 0.25) is 5.91 Å². The molecule has 116 valence electrons. The van der Waals surface area contributed by atoms with Crippen molar-refractivity contribution in [3.63, 3.8) is 0 Å². The summed E-state index contributed by atoms with van der Waals surface area (Å²) in [5.41, 5.74) is 13.6. The molecular formula is C17H21N3O2. The molecule has 1 saturated heterocycles. The summed E-state index contributed by atoms with van der Waals surface area (Å²) < 4.78 is 5.23. The van der Waals surface area contributed by atoms with Crippen LogP contribution in [0.2, 0.25) is 0 Å². The highest BCUT2D eigenvalue weighted by molar-refractivity contribution is 5.83. The third-order valence-corrected chi connectivity index (χ3v) is 4.13. The van der Waals surface area contributed by atoms with Crippen molar-refractivity contribution in [3.8, 4) is 0 Å². The molecule has 0 spiro atoms. The molecule has 1 amide bonds. The van der Waals surface area contributed by atoms with Crippen molar-refractivity contribution in [2.45, 2.75) is 18.9 Å². The second-order valence-corrected chi connectivity index (χ2v) is 6.08. The summed E-state index contributed by atoms with van der Waals surface area (Å²) >= 11 is 0. The number of para-hydroxylation sites is 1. The molecule has 0 unspecified atom stereocenters. The number of fused-ring (bicyclic) bond motifs is 1. The molecule has 2 heterocycles. The fraction of sp³-hybridized carbons (Fsp3) is 0.353. The van der Waals surface area contributed by atoms with Crippen LogP contribution in [0.1, 0.15) is 12.0 Å². The first-order valence-corrected chi connectivity index (χ1v) is 7.44. The maximum absolute atomic E-state index is 11.2. The maximum Gasteiger partial charge on any atom is 0.218 e. The highest BCUT2D eigenvalue weighted by Gasteiger charge is 2.37. The fourth-order valence-corrected chi connectivity index (χ4v) is 2.92. The third-order valence-electron chi connectivity index (χ3n) is 4.13. The number of H-pyrrole nitrogens is 1. The minimum Gasteiger partial charge on any atom is -0.379 e. The van der Waals surface area contributed by atoms with Crippen molar-refractivity contribution in [1.82, 2.24) is 4.98 Å². The number of amides is 1. The van der Waals surface area contributed by atoms with E-state index in [-0.39, 0.29) is 17.4 Å². The van der Waals surface area contributed by atoms with Gasteiger partial charge in [-0.05, 0) is 18.1 Å². The Hall–Kier alpha value is -2.11. The average Bonchev–Trinajstić information content (AvgIpc) is 2.85. The number of nitrogens with two attached hydrogens (primary N) is 2. The molecule has 1 aromatic heterocycles. The lowest BCUT2D eigenvalue weighted by Gasteiger charge is -2.38. The molecule has 2 aromatic rings. The van der Waals surface area contributed by atoms with Gasteiger partial charge in [-0.2, -0.15) is 0 Å². The Balaban J connectivity index is 1.68. The molecule has 5 nitrogen and oxygen atoms in total. The van der Waals surface area contributed by atoms with E-state index < -0.39 is 0 Å². The van der Waals surface area contributed by atoms with Gasteiger partial charge in [0.05, 0.1) is 13.2 Å². The van der Waals surface area contributed by atoms with E-state index in [1.807, 2.05) is 36.5 Å². The number of rotatable bonds is 6. The number of ether oxygens (including phenoxy) is 1. The largest absolute Gasteiger partial charge is 0.379 e. The molecule has 0 saturated carbocycles. The Morgan fingerprint density at radius 1 is 1.41 bits per heavy atom. The minimum atomic E-state index is -0.307. The van der Waals surface area contributed by atoms with E-state index in [1.54, 1.807) is 0 Å². The first-order chi connectivity index (χ1) is 10.6. The molecule has 1 aliphatic heterocycles. The van der Waals surface area contributed by atoms with Gasteiger partial charge in [-0.25, -0.2) is 0 Å². The maximum atomic E-state index is 11.2. The van der Waals surface area contributed by atoms with Crippen LogP contribution in [0.25, 0.3) is 10.9 Å². The van der Waals surface area contributed by atoms with Crippen molar-refractivity contribution in [3.05, 3.63) is 48.2 Å². The second-order valence-electron chi connectivity index (χ2n) is 6.08. The van der Waals surface area contributed by atoms with Crippen molar-refractivity contribution < 1.29 is 9.53 Å². The van der Waals surface area contributed by atoms with E-state index in [4.69, 9.17) is 16.2 Å². The molecule has 3 rings (SSSR count). The number of benzene rings is 1. The summed E-state index contributed by atoms with van der Waals surface area (Å²) in [4.78, 5) is 14.4. The molecule has 5 N–H and O–H groups in total. The van der Waals surface area contributed by atoms with Gasteiger partial charge < -0.3 is 21.2 Å². The van der Waals surface area contributed by atoms with Gasteiger partial charge in [0, 0.05) is 35.0 Å². The summed E-state index contributed by atoms with van der Waals surface area (Å²) in [6, 6.07) is 8.06. The van der Waals surface area contributed by atoms with Crippen LogP contribution < -0.4 is 11.5 Å². The molecule has 1 aromatic carbocycles. The number of hydrogen-bond acceptors (Lipinski definition) is 3. The normalized spacial score (nSPS) is 18.4. The summed E-state index contributed by atoms with van der Waals surface area (Å²) in [5.74, 6) is -0.307. The lowest BCUT2D eigenvalue weighted by molar-refractivity contribution is -0.130. The smallest absolute Gasteiger partial charge is 0.218 e. The Morgan fingerprint density at radius 2 is 2.18 bits per heavy atom. The highest BCUT2D eigenvalue weighted by atomic mass is 16.5. The molecule has 22 heavy (non-hydrogen) atoms. The highest BCUT2D eigenvalue weighted by Crippen LogP contribution is 2.33. The minimum absolute atomic E-state index is 0.107. The number of aromatic amines is 1. The summed E-state index contributed by atoms with van der Waals surface area (Å²) in [5, 5.41) is 1.20. The van der Waals surface area contributed by atoms with E-state index in [0.29, 0.717) is 19.6 Å². The van der Waals surface area contributed by atoms with Crippen molar-refractivity contribution in [1.29, 1.82) is 0 Å². The lowest BCUT2D eigenvalue weighted by Crippen LogP contribution is -2.44. The van der Waals surface area contributed by atoms with Crippen LogP contribution in [0, 0.1) is 5.41 Å². The van der Waals surface area contributed by atoms with Crippen LogP contribution in [0.3, 0.4) is 0 Å². The van der Waals surface area contributed by atoms with E-state index in [1.165, 1.54) is 10.9 Å². The van der Waals surface area contributed by atoms with Gasteiger partial charge in [-0.1, -0.05) is 30.4 Å². The third kappa shape index (κ3) is 3.05. The quantitative estimate of drug-likeness (QED) is 0.705. The van der Waals surface area contributed by atoms with Crippen LogP contribution in [-0.2, 0) is 16.0 Å². The van der Waals surface area contributed by atoms with Gasteiger partial charge in [-0.15, -0.1) is 0 Å². The SMILES string of the molecule is NC(=O)CC1(/C=C/[C@H](N)Cc2c[nH]c3ccccc23)COC1. The molecule has 1 fully saturated rings. The topological polar surface area (TPSA) is 94.1 Å². The Labute approximate surface area is 129 Å². The van der Waals surface area contributed by atoms with Gasteiger partial charge in [0.15, 0.2) is 0 Å².